The van der Waals surface area contributed by atoms with Gasteiger partial charge in [-0.25, -0.2) is 0 Å². The van der Waals surface area contributed by atoms with Crippen LogP contribution in [-0.4, -0.2) is 30.6 Å². The summed E-state index contributed by atoms with van der Waals surface area (Å²) in [5.74, 6) is 1.74. The molecule has 1 saturated carbocycles. The van der Waals surface area contributed by atoms with Crippen molar-refractivity contribution in [3.63, 3.8) is 0 Å². The summed E-state index contributed by atoms with van der Waals surface area (Å²) < 4.78 is 0. The number of nitrogens with zero attached hydrogens (tertiary/aromatic N) is 1. The van der Waals surface area contributed by atoms with Gasteiger partial charge >= 0.3 is 0 Å². The highest BCUT2D eigenvalue weighted by Gasteiger charge is 2.25. The Morgan fingerprint density at radius 2 is 1.96 bits per heavy atom. The first kappa shape index (κ1) is 17.0. The van der Waals surface area contributed by atoms with Crippen molar-refractivity contribution >= 4 is 0 Å². The van der Waals surface area contributed by atoms with E-state index in [1.54, 1.807) is 0 Å². The molecule has 0 amide bonds. The number of likely N-dealkylation sites (tertiary alicyclic amines) is 1. The maximum atomic E-state index is 3.91. The molecule has 1 aromatic rings. The Bertz CT molecular complexity index is 478. The molecule has 0 spiro atoms. The first-order chi connectivity index (χ1) is 11.2. The van der Waals surface area contributed by atoms with Crippen molar-refractivity contribution in [3.05, 3.63) is 35.4 Å². The van der Waals surface area contributed by atoms with E-state index >= 15 is 0 Å². The molecule has 2 atom stereocenters. The van der Waals surface area contributed by atoms with Gasteiger partial charge in [-0.05, 0) is 50.1 Å². The zero-order valence-electron chi connectivity index (χ0n) is 15.1. The van der Waals surface area contributed by atoms with E-state index < -0.39 is 0 Å². The third-order valence-electron chi connectivity index (χ3n) is 5.64. The quantitative estimate of drug-likeness (QED) is 0.868. The van der Waals surface area contributed by atoms with Crippen molar-refractivity contribution in [3.8, 4) is 0 Å². The zero-order valence-corrected chi connectivity index (χ0v) is 15.1. The topological polar surface area (TPSA) is 15.3 Å². The molecule has 3 rings (SSSR count). The molecule has 2 heteroatoms. The van der Waals surface area contributed by atoms with Crippen LogP contribution in [0.15, 0.2) is 24.3 Å². The van der Waals surface area contributed by atoms with Gasteiger partial charge in [0.25, 0.3) is 0 Å². The predicted molar refractivity (Wildman–Crippen MR) is 98.6 cm³/mol. The lowest BCUT2D eigenvalue weighted by Crippen LogP contribution is -2.49. The van der Waals surface area contributed by atoms with Crippen LogP contribution in [0, 0.1) is 18.8 Å². The Morgan fingerprint density at radius 1 is 1.13 bits per heavy atom. The molecule has 1 aliphatic carbocycles. The number of rotatable bonds is 5. The van der Waals surface area contributed by atoms with E-state index in [0.717, 1.165) is 18.4 Å². The summed E-state index contributed by atoms with van der Waals surface area (Å²) in [7, 11) is 0. The highest BCUT2D eigenvalue weighted by Crippen LogP contribution is 2.24. The van der Waals surface area contributed by atoms with E-state index in [-0.39, 0.29) is 0 Å². The van der Waals surface area contributed by atoms with Gasteiger partial charge in [-0.3, -0.25) is 4.90 Å². The monoisotopic (exact) mass is 314 g/mol. The molecular formula is C21H34N2. The fourth-order valence-corrected chi connectivity index (χ4v) is 4.53. The van der Waals surface area contributed by atoms with Crippen LogP contribution in [0.2, 0.25) is 0 Å². The van der Waals surface area contributed by atoms with Crippen LogP contribution >= 0.6 is 0 Å². The van der Waals surface area contributed by atoms with Gasteiger partial charge in [0.2, 0.25) is 0 Å². The van der Waals surface area contributed by atoms with Gasteiger partial charge in [-0.15, -0.1) is 0 Å². The molecule has 2 aliphatic rings. The van der Waals surface area contributed by atoms with Gasteiger partial charge in [-0.1, -0.05) is 56.0 Å². The standard InChI is InChI=1S/C21H34N2/c1-17-7-6-10-20(11-17)15-23-14-18(2)12-21(16-23)22-13-19-8-4-3-5-9-19/h6-7,10-11,18-19,21-22H,3-5,8-9,12-16H2,1-2H3. The maximum absolute atomic E-state index is 3.91. The van der Waals surface area contributed by atoms with Gasteiger partial charge in [-0.2, -0.15) is 0 Å². The fraction of sp³-hybridized carbons (Fsp3) is 0.714. The summed E-state index contributed by atoms with van der Waals surface area (Å²) in [6.07, 6.45) is 8.60. The molecule has 2 unspecified atom stereocenters. The van der Waals surface area contributed by atoms with Crippen molar-refractivity contribution in [2.24, 2.45) is 11.8 Å². The van der Waals surface area contributed by atoms with Crippen LogP contribution < -0.4 is 5.32 Å². The second-order valence-electron chi connectivity index (χ2n) is 8.13. The van der Waals surface area contributed by atoms with Crippen LogP contribution in [0.4, 0.5) is 0 Å². The van der Waals surface area contributed by atoms with Crippen molar-refractivity contribution in [2.45, 2.75) is 65.0 Å². The summed E-state index contributed by atoms with van der Waals surface area (Å²) in [5, 5.41) is 3.91. The molecule has 1 heterocycles. The number of hydrogen-bond donors (Lipinski definition) is 1. The number of hydrogen-bond acceptors (Lipinski definition) is 2. The fourth-order valence-electron chi connectivity index (χ4n) is 4.53. The molecule has 128 valence electrons. The van der Waals surface area contributed by atoms with Crippen LogP contribution in [0.25, 0.3) is 0 Å². The average molecular weight is 315 g/mol. The zero-order chi connectivity index (χ0) is 16.1. The van der Waals surface area contributed by atoms with E-state index in [4.69, 9.17) is 0 Å². The van der Waals surface area contributed by atoms with E-state index in [0.29, 0.717) is 6.04 Å². The van der Waals surface area contributed by atoms with E-state index in [9.17, 15) is 0 Å². The van der Waals surface area contributed by atoms with Crippen molar-refractivity contribution in [1.29, 1.82) is 0 Å². The molecule has 1 saturated heterocycles. The molecule has 2 nitrogen and oxygen atoms in total. The van der Waals surface area contributed by atoms with Gasteiger partial charge in [0, 0.05) is 25.7 Å². The molecule has 1 N–H and O–H groups in total. The van der Waals surface area contributed by atoms with Gasteiger partial charge in [0.15, 0.2) is 0 Å². The summed E-state index contributed by atoms with van der Waals surface area (Å²) in [6.45, 7) is 9.42. The second-order valence-corrected chi connectivity index (χ2v) is 8.13. The molecular weight excluding hydrogens is 280 g/mol. The molecule has 1 aliphatic heterocycles. The molecule has 1 aromatic carbocycles. The SMILES string of the molecule is Cc1cccc(CN2CC(C)CC(NCC3CCCCC3)C2)c1. The highest BCUT2D eigenvalue weighted by molar-refractivity contribution is 5.22. The lowest BCUT2D eigenvalue weighted by molar-refractivity contribution is 0.138. The minimum Gasteiger partial charge on any atom is -0.312 e. The number of piperidine rings is 1. The van der Waals surface area contributed by atoms with Gasteiger partial charge in [0.05, 0.1) is 0 Å². The molecule has 0 radical (unpaired) electrons. The van der Waals surface area contributed by atoms with Crippen molar-refractivity contribution < 1.29 is 0 Å². The van der Waals surface area contributed by atoms with Crippen LogP contribution in [0.5, 0.6) is 0 Å². The second kappa shape index (κ2) is 8.30. The predicted octanol–water partition coefficient (Wildman–Crippen LogP) is 4.38. The van der Waals surface area contributed by atoms with E-state index in [2.05, 4.69) is 48.3 Å². The largest absolute Gasteiger partial charge is 0.312 e. The summed E-state index contributed by atoms with van der Waals surface area (Å²) >= 11 is 0. The highest BCUT2D eigenvalue weighted by atomic mass is 15.2. The lowest BCUT2D eigenvalue weighted by Gasteiger charge is -2.38. The van der Waals surface area contributed by atoms with E-state index in [1.165, 1.54) is 69.3 Å². The van der Waals surface area contributed by atoms with Crippen molar-refractivity contribution in [1.82, 2.24) is 10.2 Å². The first-order valence-corrected chi connectivity index (χ1v) is 9.70. The van der Waals surface area contributed by atoms with Gasteiger partial charge < -0.3 is 5.32 Å². The Hall–Kier alpha value is -0.860. The Balaban J connectivity index is 1.49. The number of aryl methyl sites for hydroxylation is 1. The summed E-state index contributed by atoms with van der Waals surface area (Å²) in [4.78, 5) is 2.65. The minimum atomic E-state index is 0.686. The summed E-state index contributed by atoms with van der Waals surface area (Å²) in [5.41, 5.74) is 2.84. The van der Waals surface area contributed by atoms with Gasteiger partial charge in [0.1, 0.15) is 0 Å². The number of nitrogens with one attached hydrogen (secondary N) is 1. The normalized spacial score (nSPS) is 27.2. The molecule has 0 aromatic heterocycles. The summed E-state index contributed by atoms with van der Waals surface area (Å²) in [6, 6.07) is 9.68. The first-order valence-electron chi connectivity index (χ1n) is 9.70. The van der Waals surface area contributed by atoms with Crippen LogP contribution in [-0.2, 0) is 6.54 Å². The van der Waals surface area contributed by atoms with Crippen molar-refractivity contribution in [2.75, 3.05) is 19.6 Å². The van der Waals surface area contributed by atoms with Crippen LogP contribution in [0.1, 0.15) is 56.6 Å². The smallest absolute Gasteiger partial charge is 0.0234 e. The third kappa shape index (κ3) is 5.32. The molecule has 0 bridgehead atoms. The van der Waals surface area contributed by atoms with Crippen LogP contribution in [0.3, 0.4) is 0 Å². The Labute approximate surface area is 142 Å². The third-order valence-corrected chi connectivity index (χ3v) is 5.64. The maximum Gasteiger partial charge on any atom is 0.0234 e. The lowest BCUT2D eigenvalue weighted by atomic mass is 9.88. The van der Waals surface area contributed by atoms with E-state index in [1.807, 2.05) is 0 Å². The molecule has 2 fully saturated rings. The Kier molecular flexibility index (Phi) is 6.13. The average Bonchev–Trinajstić information content (AvgIpc) is 2.53. The number of benzene rings is 1. The Morgan fingerprint density at radius 3 is 2.74 bits per heavy atom. The molecule has 23 heavy (non-hydrogen) atoms. The minimum absolute atomic E-state index is 0.686.